The molecule has 0 rings (SSSR count). The van der Waals surface area contributed by atoms with E-state index < -0.39 is 10.2 Å². The second-order valence-corrected chi connectivity index (χ2v) is 2.48. The molecule has 0 aromatic rings. The van der Waals surface area contributed by atoms with Gasteiger partial charge in [0, 0.05) is 7.05 Å². The molecule has 0 aliphatic rings. The van der Waals surface area contributed by atoms with Gasteiger partial charge in [-0.3, -0.25) is 4.63 Å². The van der Waals surface area contributed by atoms with Crippen LogP contribution in [0.5, 0.6) is 0 Å². The fourth-order valence-electron chi connectivity index (χ4n) is 0.0589. The Hall–Kier alpha value is -0.0651. The molecule has 0 aliphatic heterocycles. The maximum atomic E-state index is 10.0. The molecule has 7 heavy (non-hydrogen) atoms. The summed E-state index contributed by atoms with van der Waals surface area (Å²) in [5, 5.41) is 0. The van der Waals surface area contributed by atoms with Crippen molar-refractivity contribution in [1.29, 1.82) is 0 Å². The minimum Gasteiger partial charge on any atom is -0.256 e. The Balaban J connectivity index is 3.89. The summed E-state index contributed by atoms with van der Waals surface area (Å²) in [5.41, 5.74) is 0. The first-order valence-corrected chi connectivity index (χ1v) is 3.01. The van der Waals surface area contributed by atoms with E-state index in [1.807, 2.05) is 4.72 Å². The summed E-state index contributed by atoms with van der Waals surface area (Å²) in [6.45, 7) is 0. The molecular weight excluding hydrogens is 115 g/mol. The molecule has 0 heterocycles. The maximum Gasteiger partial charge on any atom is 0.265 e. The van der Waals surface area contributed by atoms with Gasteiger partial charge in [-0.05, 0) is 0 Å². The first-order chi connectivity index (χ1) is 3.12. The molecule has 0 saturated heterocycles. The predicted octanol–water partition coefficient (Wildman–Crippen LogP) is -1.88. The predicted molar refractivity (Wildman–Crippen MR) is 26.9 cm³/mol. The van der Waals surface area contributed by atoms with Gasteiger partial charge in [-0.15, -0.1) is 0 Å². The van der Waals surface area contributed by atoms with Crippen molar-refractivity contribution in [3.63, 3.8) is 0 Å². The van der Waals surface area contributed by atoms with Gasteiger partial charge in [0.1, 0.15) is 0 Å². The average molecular weight is 120 g/mol. The maximum absolute atomic E-state index is 10.0. The Labute approximate surface area is 43.9 Å². The normalized spacial score (nSPS) is 11.6. The second-order valence-electron chi connectivity index (χ2n) is 0.825. The highest BCUT2D eigenvalue weighted by Crippen LogP contribution is 1.62. The average Bonchev–Trinajstić information content (AvgIpc) is 1.68. The Morgan fingerprint density at radius 1 is 1.57 bits per heavy atom. The molecule has 0 aromatic carbocycles. The van der Waals surface area contributed by atoms with E-state index >= 15 is 0 Å². The summed E-state index contributed by atoms with van der Waals surface area (Å²) in [6, 6.07) is 0. The third-order valence-corrected chi connectivity index (χ3v) is 1.27. The van der Waals surface area contributed by atoms with Crippen molar-refractivity contribution in [3.05, 3.63) is 0 Å². The lowest BCUT2D eigenvalue weighted by Gasteiger charge is -1.94. The van der Waals surface area contributed by atoms with Crippen molar-refractivity contribution in [1.82, 2.24) is 9.36 Å². The van der Waals surface area contributed by atoms with Crippen LogP contribution in [0.15, 0.2) is 0 Å². The second kappa shape index (κ2) is 2.30. The van der Waals surface area contributed by atoms with E-state index in [2.05, 4.69) is 7.98 Å². The van der Waals surface area contributed by atoms with Gasteiger partial charge in [0.15, 0.2) is 0 Å². The van der Waals surface area contributed by atoms with Crippen LogP contribution in [-0.2, 0) is 10.2 Å². The summed E-state index contributed by atoms with van der Waals surface area (Å²) >= 11 is 0. The minimum atomic E-state index is -3.38. The smallest absolute Gasteiger partial charge is 0.256 e. The van der Waals surface area contributed by atoms with E-state index in [1.165, 1.54) is 7.05 Å². The first-order valence-electron chi connectivity index (χ1n) is 1.53. The van der Waals surface area contributed by atoms with E-state index in [0.29, 0.717) is 0 Å². The van der Waals surface area contributed by atoms with Crippen molar-refractivity contribution < 1.29 is 8.42 Å². The van der Waals surface area contributed by atoms with Crippen molar-refractivity contribution in [2.75, 3.05) is 7.05 Å². The van der Waals surface area contributed by atoms with E-state index in [-0.39, 0.29) is 0 Å². The van der Waals surface area contributed by atoms with E-state index in [9.17, 15) is 8.42 Å². The van der Waals surface area contributed by atoms with Gasteiger partial charge in [-0.1, -0.05) is 0 Å². The molecule has 2 N–H and O–H groups in total. The lowest BCUT2D eigenvalue weighted by atomic mass is 10.5. The molecule has 4 nitrogen and oxygen atoms in total. The standard InChI is InChI=1S/CH5BN2O2S/c1-3-7(5,6)4-2/h3-4H,1H3. The summed E-state index contributed by atoms with van der Waals surface area (Å²) in [7, 11) is 2.40. The van der Waals surface area contributed by atoms with Crippen LogP contribution in [0.25, 0.3) is 0 Å². The topological polar surface area (TPSA) is 58.2 Å². The molecule has 0 bridgehead atoms. The highest BCUT2D eigenvalue weighted by molar-refractivity contribution is 7.88. The monoisotopic (exact) mass is 120 g/mol. The van der Waals surface area contributed by atoms with Gasteiger partial charge in [0.05, 0.1) is 0 Å². The van der Waals surface area contributed by atoms with Crippen LogP contribution in [0, 0.1) is 0 Å². The Bertz CT molecular complexity index is 119. The molecule has 2 radical (unpaired) electrons. The largest absolute Gasteiger partial charge is 0.265 e. The third kappa shape index (κ3) is 2.61. The van der Waals surface area contributed by atoms with Crippen molar-refractivity contribution in [2.45, 2.75) is 0 Å². The zero-order valence-corrected chi connectivity index (χ0v) is 4.62. The molecule has 0 fully saturated rings. The van der Waals surface area contributed by atoms with Gasteiger partial charge in [0.25, 0.3) is 10.2 Å². The fraction of sp³-hybridized carbons (Fsp3) is 1.00. The number of nitrogens with one attached hydrogen (secondary N) is 2. The van der Waals surface area contributed by atoms with Gasteiger partial charge in [-0.2, -0.15) is 8.42 Å². The van der Waals surface area contributed by atoms with Gasteiger partial charge >= 0.3 is 0 Å². The lowest BCUT2D eigenvalue weighted by molar-refractivity contribution is 0.586. The van der Waals surface area contributed by atoms with Crippen LogP contribution in [-0.4, -0.2) is 23.4 Å². The highest BCUT2D eigenvalue weighted by Gasteiger charge is 1.95. The van der Waals surface area contributed by atoms with E-state index in [1.54, 1.807) is 4.63 Å². The molecule has 0 unspecified atom stereocenters. The summed E-state index contributed by atoms with van der Waals surface area (Å²) in [5.74, 6) is 0. The van der Waals surface area contributed by atoms with Crippen molar-refractivity contribution >= 4 is 18.2 Å². The van der Waals surface area contributed by atoms with Crippen LogP contribution in [0.3, 0.4) is 0 Å². The lowest BCUT2D eigenvalue weighted by Crippen LogP contribution is -2.31. The number of rotatable bonds is 2. The number of hydrogen-bond acceptors (Lipinski definition) is 2. The number of hydrogen-bond donors (Lipinski definition) is 2. The molecule has 0 saturated carbocycles. The van der Waals surface area contributed by atoms with Crippen LogP contribution in [0.2, 0.25) is 0 Å². The van der Waals surface area contributed by atoms with Crippen LogP contribution in [0.1, 0.15) is 0 Å². The molecule has 6 heteroatoms. The van der Waals surface area contributed by atoms with Gasteiger partial charge in [-0.25, -0.2) is 4.72 Å². The Kier molecular flexibility index (Phi) is 2.27. The van der Waals surface area contributed by atoms with E-state index in [4.69, 9.17) is 0 Å². The summed E-state index contributed by atoms with van der Waals surface area (Å²) in [6.07, 6.45) is 0. The van der Waals surface area contributed by atoms with E-state index in [0.717, 1.165) is 0 Å². The van der Waals surface area contributed by atoms with Crippen LogP contribution < -0.4 is 9.36 Å². The molecule has 0 spiro atoms. The minimum absolute atomic E-state index is 1.26. The van der Waals surface area contributed by atoms with Gasteiger partial charge in [0.2, 0.25) is 7.98 Å². The quantitative estimate of drug-likeness (QED) is 0.419. The molecule has 0 amide bonds. The zero-order chi connectivity index (χ0) is 5.91. The molecule has 0 atom stereocenters. The van der Waals surface area contributed by atoms with Gasteiger partial charge < -0.3 is 0 Å². The fourth-order valence-corrected chi connectivity index (χ4v) is 0.177. The Morgan fingerprint density at radius 3 is 2.00 bits per heavy atom. The highest BCUT2D eigenvalue weighted by atomic mass is 32.2. The molecular formula is CH5BN2O2S. The molecule has 40 valence electrons. The SMILES string of the molecule is [B]NS(=O)(=O)NC. The Morgan fingerprint density at radius 2 is 2.00 bits per heavy atom. The van der Waals surface area contributed by atoms with Crippen molar-refractivity contribution in [3.8, 4) is 0 Å². The third-order valence-electron chi connectivity index (χ3n) is 0.424. The molecule has 0 aliphatic carbocycles. The summed E-state index contributed by atoms with van der Waals surface area (Å²) < 4.78 is 23.5. The summed E-state index contributed by atoms with van der Waals surface area (Å²) in [4.78, 5) is 0. The van der Waals surface area contributed by atoms with Crippen molar-refractivity contribution in [2.24, 2.45) is 0 Å². The van der Waals surface area contributed by atoms with Crippen LogP contribution in [0.4, 0.5) is 0 Å². The van der Waals surface area contributed by atoms with Crippen LogP contribution >= 0.6 is 0 Å². The first kappa shape index (κ1) is 6.93. The zero-order valence-electron chi connectivity index (χ0n) is 3.80. The molecule has 0 aromatic heterocycles.